The fourth-order valence-corrected chi connectivity index (χ4v) is 2.41. The molecule has 1 aliphatic heterocycles. The maximum absolute atomic E-state index is 9.00. The van der Waals surface area contributed by atoms with Gasteiger partial charge in [-0.25, -0.2) is 0 Å². The van der Waals surface area contributed by atoms with E-state index in [0.717, 1.165) is 29.2 Å². The summed E-state index contributed by atoms with van der Waals surface area (Å²) in [6.07, 6.45) is 0.998. The molecule has 0 saturated heterocycles. The van der Waals surface area contributed by atoms with Crippen molar-refractivity contribution in [3.63, 3.8) is 0 Å². The van der Waals surface area contributed by atoms with Crippen LogP contribution >= 0.6 is 11.6 Å². The summed E-state index contributed by atoms with van der Waals surface area (Å²) < 4.78 is 0. The molecule has 0 aromatic heterocycles. The number of aliphatic hydroxyl groups is 1. The first-order chi connectivity index (χ1) is 7.13. The van der Waals surface area contributed by atoms with Gasteiger partial charge < -0.3 is 15.7 Å². The largest absolute Gasteiger partial charge is 0.394 e. The molecule has 3 nitrogen and oxygen atoms in total. The number of nitrogens with two attached hydrogens (primary N) is 1. The molecule has 0 amide bonds. The van der Waals surface area contributed by atoms with Crippen molar-refractivity contribution in [1.82, 2.24) is 0 Å². The average Bonchev–Trinajstić information content (AvgIpc) is 2.59. The molecule has 82 valence electrons. The summed E-state index contributed by atoms with van der Waals surface area (Å²) in [5.74, 6) is 0. The second kappa shape index (κ2) is 4.00. The minimum absolute atomic E-state index is 0.0506. The Morgan fingerprint density at radius 1 is 1.60 bits per heavy atom. The zero-order chi connectivity index (χ0) is 11.0. The van der Waals surface area contributed by atoms with Gasteiger partial charge in [-0.2, -0.15) is 0 Å². The second-order valence-corrected chi connectivity index (χ2v) is 4.38. The Kier molecular flexibility index (Phi) is 2.87. The predicted octanol–water partition coefficient (Wildman–Crippen LogP) is 1.32. The van der Waals surface area contributed by atoms with E-state index in [1.165, 1.54) is 5.56 Å². The Bertz CT molecular complexity index is 381. The van der Waals surface area contributed by atoms with Crippen LogP contribution in [0.1, 0.15) is 17.2 Å². The number of nitrogens with zero attached hydrogens (tertiary/aromatic N) is 1. The number of aliphatic hydroxyl groups excluding tert-OH is 1. The molecular formula is C11H15ClN2O. The Hall–Kier alpha value is -0.770. The van der Waals surface area contributed by atoms with E-state index >= 15 is 0 Å². The fourth-order valence-electron chi connectivity index (χ4n) is 2.02. The second-order valence-electron chi connectivity index (χ2n) is 3.97. The van der Waals surface area contributed by atoms with E-state index in [9.17, 15) is 0 Å². The lowest BCUT2D eigenvalue weighted by Gasteiger charge is -2.16. The van der Waals surface area contributed by atoms with Gasteiger partial charge in [-0.1, -0.05) is 17.7 Å². The van der Waals surface area contributed by atoms with Crippen molar-refractivity contribution in [1.29, 1.82) is 0 Å². The molecule has 0 radical (unpaired) electrons. The van der Waals surface area contributed by atoms with Crippen LogP contribution < -0.4 is 10.6 Å². The molecule has 1 aromatic carbocycles. The van der Waals surface area contributed by atoms with Gasteiger partial charge in [-0.15, -0.1) is 0 Å². The predicted molar refractivity (Wildman–Crippen MR) is 62.4 cm³/mol. The van der Waals surface area contributed by atoms with E-state index in [4.69, 9.17) is 22.4 Å². The monoisotopic (exact) mass is 226 g/mol. The summed E-state index contributed by atoms with van der Waals surface area (Å²) >= 11 is 6.19. The minimum atomic E-state index is -0.335. The normalized spacial score (nSPS) is 16.7. The zero-order valence-electron chi connectivity index (χ0n) is 8.70. The first-order valence-corrected chi connectivity index (χ1v) is 5.41. The van der Waals surface area contributed by atoms with E-state index in [2.05, 4.69) is 4.90 Å². The van der Waals surface area contributed by atoms with E-state index in [0.29, 0.717) is 0 Å². The van der Waals surface area contributed by atoms with Gasteiger partial charge in [0.15, 0.2) is 0 Å². The number of benzene rings is 1. The minimum Gasteiger partial charge on any atom is -0.394 e. The van der Waals surface area contributed by atoms with Crippen LogP contribution in [0.15, 0.2) is 12.1 Å². The van der Waals surface area contributed by atoms with Crippen molar-refractivity contribution in [3.8, 4) is 0 Å². The number of fused-ring (bicyclic) bond motifs is 1. The summed E-state index contributed by atoms with van der Waals surface area (Å²) in [5, 5.41) is 9.73. The fraction of sp³-hybridized carbons (Fsp3) is 0.455. The summed E-state index contributed by atoms with van der Waals surface area (Å²) in [7, 11) is 2.03. The molecule has 1 aromatic rings. The maximum atomic E-state index is 9.00. The molecule has 1 heterocycles. The highest BCUT2D eigenvalue weighted by molar-refractivity contribution is 6.33. The third-order valence-electron chi connectivity index (χ3n) is 2.89. The lowest BCUT2D eigenvalue weighted by Crippen LogP contribution is -2.15. The van der Waals surface area contributed by atoms with Gasteiger partial charge >= 0.3 is 0 Å². The van der Waals surface area contributed by atoms with Crippen molar-refractivity contribution in [2.45, 2.75) is 12.5 Å². The van der Waals surface area contributed by atoms with Crippen LogP contribution in [0, 0.1) is 0 Å². The van der Waals surface area contributed by atoms with Crippen molar-refractivity contribution in [2.75, 3.05) is 25.1 Å². The lowest BCUT2D eigenvalue weighted by atomic mass is 10.0. The Morgan fingerprint density at radius 3 is 3.00 bits per heavy atom. The zero-order valence-corrected chi connectivity index (χ0v) is 9.46. The van der Waals surface area contributed by atoms with Gasteiger partial charge in [0.1, 0.15) is 0 Å². The van der Waals surface area contributed by atoms with Gasteiger partial charge in [0, 0.05) is 13.6 Å². The van der Waals surface area contributed by atoms with Gasteiger partial charge in [-0.3, -0.25) is 0 Å². The molecule has 0 bridgehead atoms. The lowest BCUT2D eigenvalue weighted by molar-refractivity contribution is 0.268. The van der Waals surface area contributed by atoms with Crippen LogP contribution in [-0.4, -0.2) is 25.3 Å². The van der Waals surface area contributed by atoms with Gasteiger partial charge in [0.25, 0.3) is 0 Å². The van der Waals surface area contributed by atoms with E-state index in [-0.39, 0.29) is 12.6 Å². The van der Waals surface area contributed by atoms with E-state index < -0.39 is 0 Å². The third kappa shape index (κ3) is 1.83. The van der Waals surface area contributed by atoms with Crippen LogP contribution in [0.4, 0.5) is 5.69 Å². The molecule has 0 saturated carbocycles. The molecule has 0 spiro atoms. The van der Waals surface area contributed by atoms with Crippen molar-refractivity contribution in [3.05, 3.63) is 28.3 Å². The first-order valence-electron chi connectivity index (χ1n) is 5.03. The summed E-state index contributed by atoms with van der Waals surface area (Å²) in [5.41, 5.74) is 9.01. The molecule has 15 heavy (non-hydrogen) atoms. The number of halogens is 1. The van der Waals surface area contributed by atoms with Crippen LogP contribution in [0.3, 0.4) is 0 Å². The van der Waals surface area contributed by atoms with Crippen LogP contribution in [0.2, 0.25) is 5.02 Å². The van der Waals surface area contributed by atoms with Crippen molar-refractivity contribution >= 4 is 17.3 Å². The van der Waals surface area contributed by atoms with Gasteiger partial charge in [-0.05, 0) is 23.6 Å². The average molecular weight is 227 g/mol. The highest BCUT2D eigenvalue weighted by Crippen LogP contribution is 2.36. The third-order valence-corrected chi connectivity index (χ3v) is 3.18. The number of hydrogen-bond donors (Lipinski definition) is 2. The number of likely N-dealkylation sites (N-methyl/N-ethyl adjacent to an activating group) is 1. The SMILES string of the molecule is CN1CCc2cc(C(N)CO)cc(Cl)c21. The maximum Gasteiger partial charge on any atom is 0.0645 e. The highest BCUT2D eigenvalue weighted by atomic mass is 35.5. The standard InChI is InChI=1S/C11H15ClN2O/c1-14-3-2-7-4-8(10(13)6-15)5-9(12)11(7)14/h4-5,10,15H,2-3,6,13H2,1H3. The summed E-state index contributed by atoms with van der Waals surface area (Å²) in [4.78, 5) is 2.14. The van der Waals surface area contributed by atoms with E-state index in [1.807, 2.05) is 19.2 Å². The smallest absolute Gasteiger partial charge is 0.0645 e. The first kappa shape index (κ1) is 10.7. The molecule has 0 aliphatic carbocycles. The summed E-state index contributed by atoms with van der Waals surface area (Å²) in [6, 6.07) is 3.56. The molecule has 1 aliphatic rings. The number of rotatable bonds is 2. The number of anilines is 1. The van der Waals surface area contributed by atoms with Crippen LogP contribution in [-0.2, 0) is 6.42 Å². The summed E-state index contributed by atoms with van der Waals surface area (Å²) in [6.45, 7) is 0.942. The molecule has 2 rings (SSSR count). The highest BCUT2D eigenvalue weighted by Gasteiger charge is 2.20. The van der Waals surface area contributed by atoms with Crippen LogP contribution in [0.25, 0.3) is 0 Å². The molecule has 4 heteroatoms. The molecular weight excluding hydrogens is 212 g/mol. The van der Waals surface area contributed by atoms with Crippen LogP contribution in [0.5, 0.6) is 0 Å². The molecule has 0 fully saturated rings. The Labute approximate surface area is 94.4 Å². The Morgan fingerprint density at radius 2 is 2.33 bits per heavy atom. The molecule has 1 unspecified atom stereocenters. The number of hydrogen-bond acceptors (Lipinski definition) is 3. The Balaban J connectivity index is 2.44. The van der Waals surface area contributed by atoms with Crippen molar-refractivity contribution in [2.24, 2.45) is 5.73 Å². The topological polar surface area (TPSA) is 49.5 Å². The van der Waals surface area contributed by atoms with Crippen molar-refractivity contribution < 1.29 is 5.11 Å². The van der Waals surface area contributed by atoms with Gasteiger partial charge in [0.2, 0.25) is 0 Å². The van der Waals surface area contributed by atoms with Gasteiger partial charge in [0.05, 0.1) is 23.4 Å². The van der Waals surface area contributed by atoms with E-state index in [1.54, 1.807) is 0 Å². The quantitative estimate of drug-likeness (QED) is 0.800. The molecule has 1 atom stereocenters. The molecule has 3 N–H and O–H groups in total.